The molecule has 0 saturated carbocycles. The van der Waals surface area contributed by atoms with Gasteiger partial charge in [-0.1, -0.05) is 285 Å². The fourth-order valence-corrected chi connectivity index (χ4v) is 12.3. The van der Waals surface area contributed by atoms with Gasteiger partial charge in [-0.15, -0.1) is 0 Å². The molecule has 0 aliphatic carbocycles. The van der Waals surface area contributed by atoms with E-state index in [0.717, 1.165) is 77.0 Å². The molecule has 0 aromatic rings. The Bertz CT molecular complexity index is 1890. The number of unbranched alkanes of at least 4 members (excludes halogenated alkanes) is 40. The van der Waals surface area contributed by atoms with Crippen molar-refractivity contribution in [1.29, 1.82) is 0 Å². The smallest absolute Gasteiger partial charge is 0.306 e. The van der Waals surface area contributed by atoms with Crippen molar-refractivity contribution in [2.45, 2.75) is 412 Å². The topological polar surface area (TPSA) is 231 Å². The normalized spacial score (nSPS) is 15.2. The maximum atomic E-state index is 13.8. The van der Waals surface area contributed by atoms with Gasteiger partial charge in [0, 0.05) is 77.5 Å². The molecule has 1 rings (SSSR count). The minimum atomic E-state index is -1.38. The summed E-state index contributed by atoms with van der Waals surface area (Å²) in [6.45, 7) is 9.32. The summed E-state index contributed by atoms with van der Waals surface area (Å²) >= 11 is 0. The molecule has 4 amide bonds. The molecule has 4 atom stereocenters. The Labute approximate surface area is 579 Å². The van der Waals surface area contributed by atoms with E-state index in [0.29, 0.717) is 45.1 Å². The van der Waals surface area contributed by atoms with E-state index in [1.807, 2.05) is 0 Å². The van der Waals surface area contributed by atoms with Crippen LogP contribution >= 0.6 is 0 Å². The minimum absolute atomic E-state index is 0.00478. The highest BCUT2D eigenvalue weighted by molar-refractivity contribution is 5.77. The molecule has 1 fully saturated rings. The second kappa shape index (κ2) is 66.9. The van der Waals surface area contributed by atoms with Crippen LogP contribution in [0.4, 0.5) is 0 Å². The van der Waals surface area contributed by atoms with Gasteiger partial charge in [0.25, 0.3) is 0 Å². The van der Waals surface area contributed by atoms with E-state index in [1.165, 1.54) is 205 Å². The van der Waals surface area contributed by atoms with E-state index in [4.69, 9.17) is 23.7 Å². The number of carbonyl (C=O) groups excluding carboxylic acids is 8. The fourth-order valence-electron chi connectivity index (χ4n) is 12.3. The summed E-state index contributed by atoms with van der Waals surface area (Å²) in [7, 11) is 0. The average molecular weight is 1350 g/mol. The van der Waals surface area contributed by atoms with Crippen LogP contribution in [0.5, 0.6) is 0 Å². The van der Waals surface area contributed by atoms with Gasteiger partial charge in [-0.05, 0) is 51.4 Å². The first kappa shape index (κ1) is 88.7. The zero-order valence-corrected chi connectivity index (χ0v) is 61.5. The van der Waals surface area contributed by atoms with Gasteiger partial charge >= 0.3 is 23.9 Å². The van der Waals surface area contributed by atoms with Crippen LogP contribution in [-0.4, -0.2) is 111 Å². The van der Waals surface area contributed by atoms with Crippen LogP contribution in [0.25, 0.3) is 0 Å². The van der Waals surface area contributed by atoms with Crippen LogP contribution in [0.2, 0.25) is 0 Å². The molecular weight excluding hydrogens is 1200 g/mol. The molecule has 1 saturated heterocycles. The predicted molar refractivity (Wildman–Crippen MR) is 384 cm³/mol. The molecule has 0 spiro atoms. The molecule has 0 radical (unpaired) electrons. The monoisotopic (exact) mass is 1350 g/mol. The first-order chi connectivity index (χ1) is 46.4. The fraction of sp³-hybridized carbons (Fsp3) is 0.897. The standard InChI is InChI=1S/C78H144N4O13/c1-5-9-13-17-21-25-29-33-37-41-45-53-69(83)79-61-49-57-73(87)92-65-67-77(94-75(89)59-51-63-81-71(85)55-47-43-39-35-31-27-23-19-15-11-7-3)78(95-76(90)60-52-64-82-72(86)56-48-44-40-36-32-28-24-20-16-12-8-4)68(66-91-67)93-74(88)58-50-62-80-70(84)54-46-42-38-34-30-26-22-18-14-10-6-2/h67-68,77-78H,5-66H2,1-4H3,(H,79,83)(H,80,84)(H,81,85)(H,82,86)/t67-,68+,77-,78-/m1/s1. The summed E-state index contributed by atoms with van der Waals surface area (Å²) in [5.41, 5.74) is 0. The molecule has 17 nitrogen and oxygen atoms in total. The number of hydrogen-bond acceptors (Lipinski definition) is 13. The third kappa shape index (κ3) is 57.3. The molecule has 0 aromatic carbocycles. The molecular formula is C78H144N4O13. The maximum Gasteiger partial charge on any atom is 0.306 e. The third-order valence-electron chi connectivity index (χ3n) is 18.3. The SMILES string of the molecule is CCCCCCCCCCCCCC(=O)NCCCC(=O)OC[C@H]1OC[C@H](OC(=O)CCCNC(=O)CCCCCCCCCCCCC)[C@@H](OC(=O)CCCNC(=O)CCCCCCCCCCCCC)[C@@H]1OC(=O)CCCNC(=O)CCCCCCCCCCCCC. The Balaban J connectivity index is 3.01. The lowest BCUT2D eigenvalue weighted by Gasteiger charge is -2.40. The Morgan fingerprint density at radius 3 is 0.779 bits per heavy atom. The molecule has 4 N–H and O–H groups in total. The first-order valence-corrected chi connectivity index (χ1v) is 39.9. The minimum Gasteiger partial charge on any atom is -0.463 e. The van der Waals surface area contributed by atoms with Crippen LogP contribution in [0.3, 0.4) is 0 Å². The van der Waals surface area contributed by atoms with Crippen molar-refractivity contribution in [2.75, 3.05) is 39.4 Å². The summed E-state index contributed by atoms with van der Waals surface area (Å²) in [5.74, 6) is -2.85. The lowest BCUT2D eigenvalue weighted by atomic mass is 9.99. The van der Waals surface area contributed by atoms with Crippen molar-refractivity contribution in [1.82, 2.24) is 21.3 Å². The number of ether oxygens (including phenoxy) is 5. The molecule has 1 aliphatic rings. The molecule has 17 heteroatoms. The predicted octanol–water partition coefficient (Wildman–Crippen LogP) is 18.1. The zero-order valence-electron chi connectivity index (χ0n) is 61.5. The van der Waals surface area contributed by atoms with Gasteiger partial charge in [-0.2, -0.15) is 0 Å². The number of nitrogens with one attached hydrogen (secondary N) is 4. The summed E-state index contributed by atoms with van der Waals surface area (Å²) in [5, 5.41) is 11.7. The maximum absolute atomic E-state index is 13.8. The zero-order chi connectivity index (χ0) is 69.1. The van der Waals surface area contributed by atoms with Crippen molar-refractivity contribution in [3.63, 3.8) is 0 Å². The van der Waals surface area contributed by atoms with Crippen LogP contribution in [0.15, 0.2) is 0 Å². The summed E-state index contributed by atoms with van der Waals surface area (Å²) < 4.78 is 30.0. The van der Waals surface area contributed by atoms with Crippen molar-refractivity contribution >= 4 is 47.5 Å². The van der Waals surface area contributed by atoms with Gasteiger partial charge in [-0.3, -0.25) is 38.4 Å². The van der Waals surface area contributed by atoms with Crippen molar-refractivity contribution in [3.8, 4) is 0 Å². The van der Waals surface area contributed by atoms with Crippen molar-refractivity contribution in [3.05, 3.63) is 0 Å². The second-order valence-electron chi connectivity index (χ2n) is 27.4. The summed E-state index contributed by atoms with van der Waals surface area (Å²) in [6.07, 6.45) is 49.8. The molecule has 1 heterocycles. The Kier molecular flexibility index (Phi) is 62.5. The van der Waals surface area contributed by atoms with Crippen LogP contribution in [0.1, 0.15) is 387 Å². The lowest BCUT2D eigenvalue weighted by molar-refractivity contribution is -0.233. The van der Waals surface area contributed by atoms with Gasteiger partial charge in [-0.25, -0.2) is 0 Å². The van der Waals surface area contributed by atoms with E-state index < -0.39 is 48.3 Å². The van der Waals surface area contributed by atoms with E-state index in [-0.39, 0.29) is 95.0 Å². The quantitative estimate of drug-likeness (QED) is 0.0253. The Morgan fingerprint density at radius 2 is 0.505 bits per heavy atom. The number of esters is 4. The van der Waals surface area contributed by atoms with E-state index in [2.05, 4.69) is 49.0 Å². The van der Waals surface area contributed by atoms with E-state index >= 15 is 0 Å². The lowest BCUT2D eigenvalue weighted by Crippen LogP contribution is -2.59. The second-order valence-corrected chi connectivity index (χ2v) is 27.4. The van der Waals surface area contributed by atoms with E-state index in [1.54, 1.807) is 0 Å². The number of amides is 4. The van der Waals surface area contributed by atoms with Gasteiger partial charge in [0.15, 0.2) is 18.3 Å². The molecule has 0 bridgehead atoms. The highest BCUT2D eigenvalue weighted by Crippen LogP contribution is 2.27. The molecule has 1 aliphatic heterocycles. The molecule has 95 heavy (non-hydrogen) atoms. The largest absolute Gasteiger partial charge is 0.463 e. The Hall–Kier alpha value is -4.28. The first-order valence-electron chi connectivity index (χ1n) is 39.9. The Morgan fingerprint density at radius 1 is 0.274 bits per heavy atom. The van der Waals surface area contributed by atoms with Gasteiger partial charge in [0.2, 0.25) is 23.6 Å². The van der Waals surface area contributed by atoms with Gasteiger partial charge in [0.1, 0.15) is 12.7 Å². The number of carbonyl (C=O) groups is 8. The third-order valence-corrected chi connectivity index (χ3v) is 18.3. The van der Waals surface area contributed by atoms with Crippen LogP contribution in [0, 0.1) is 0 Å². The van der Waals surface area contributed by atoms with Crippen LogP contribution < -0.4 is 21.3 Å². The van der Waals surface area contributed by atoms with Crippen molar-refractivity contribution in [2.24, 2.45) is 0 Å². The van der Waals surface area contributed by atoms with Crippen LogP contribution in [-0.2, 0) is 62.0 Å². The van der Waals surface area contributed by atoms with Crippen molar-refractivity contribution < 1.29 is 62.0 Å². The van der Waals surface area contributed by atoms with E-state index in [9.17, 15) is 38.4 Å². The highest BCUT2D eigenvalue weighted by atomic mass is 16.7. The molecule has 0 unspecified atom stereocenters. The van der Waals surface area contributed by atoms with Gasteiger partial charge in [0.05, 0.1) is 6.61 Å². The number of rotatable bonds is 69. The molecule has 554 valence electrons. The number of hydrogen-bond donors (Lipinski definition) is 4. The summed E-state index contributed by atoms with van der Waals surface area (Å²) in [6, 6.07) is 0. The molecule has 0 aromatic heterocycles. The summed E-state index contributed by atoms with van der Waals surface area (Å²) in [4.78, 5) is 105. The average Bonchev–Trinajstić information content (AvgIpc) is 0.812. The van der Waals surface area contributed by atoms with Gasteiger partial charge < -0.3 is 45.0 Å². The highest BCUT2D eigenvalue weighted by Gasteiger charge is 2.48.